The zero-order chi connectivity index (χ0) is 9.97. The van der Waals surface area contributed by atoms with E-state index in [0.717, 1.165) is 18.8 Å². The maximum atomic E-state index is 4.43. The van der Waals surface area contributed by atoms with Crippen LogP contribution in [0.5, 0.6) is 0 Å². The monoisotopic (exact) mass is 192 g/mol. The van der Waals surface area contributed by atoms with Crippen LogP contribution < -0.4 is 10.6 Å². The van der Waals surface area contributed by atoms with E-state index >= 15 is 0 Å². The third-order valence-corrected chi connectivity index (χ3v) is 2.47. The van der Waals surface area contributed by atoms with Crippen molar-refractivity contribution < 1.29 is 0 Å². The summed E-state index contributed by atoms with van der Waals surface area (Å²) in [5.74, 6) is 0.972. The Labute approximate surface area is 84.4 Å². The fraction of sp³-hybridized carbons (Fsp3) is 0.500. The highest BCUT2D eigenvalue weighted by atomic mass is 15.6. The molecule has 14 heavy (non-hydrogen) atoms. The number of hydrogen-bond donors (Lipinski definition) is 2. The van der Waals surface area contributed by atoms with Gasteiger partial charge in [0.05, 0.1) is 0 Å². The first-order chi connectivity index (χ1) is 6.77. The van der Waals surface area contributed by atoms with E-state index in [4.69, 9.17) is 0 Å². The van der Waals surface area contributed by atoms with E-state index in [0.29, 0.717) is 0 Å². The van der Waals surface area contributed by atoms with Crippen molar-refractivity contribution in [1.29, 1.82) is 0 Å². The van der Waals surface area contributed by atoms with Crippen molar-refractivity contribution in [2.24, 2.45) is 5.10 Å². The summed E-state index contributed by atoms with van der Waals surface area (Å²) in [5, 5.41) is 12.9. The summed E-state index contributed by atoms with van der Waals surface area (Å²) in [7, 11) is 1.98. The highest BCUT2D eigenvalue weighted by molar-refractivity contribution is 6.01. The van der Waals surface area contributed by atoms with Crippen LogP contribution in [0.15, 0.2) is 29.0 Å². The van der Waals surface area contributed by atoms with Gasteiger partial charge in [-0.3, -0.25) is 5.01 Å². The van der Waals surface area contributed by atoms with Crippen molar-refractivity contribution in [3.8, 4) is 0 Å². The lowest BCUT2D eigenvalue weighted by molar-refractivity contribution is 0.286. The molecule has 1 unspecified atom stereocenters. The standard InChI is InChI=1S/C10H16N4/c1-8-12-10(13-14(8)2)9-4-3-6-11-7-5-9/h4-5,7-8,11H,3,6H2,1-2H3,(H,12,13). The van der Waals surface area contributed by atoms with Crippen LogP contribution in [-0.4, -0.2) is 30.6 Å². The SMILES string of the molecule is CC1NC(C2=CCCNC=C2)=NN1C. The second-order valence-corrected chi connectivity index (χ2v) is 3.58. The minimum atomic E-state index is 0.288. The van der Waals surface area contributed by atoms with Gasteiger partial charge in [-0.05, 0) is 25.6 Å². The predicted molar refractivity (Wildman–Crippen MR) is 57.6 cm³/mol. The topological polar surface area (TPSA) is 39.7 Å². The lowest BCUT2D eigenvalue weighted by atomic mass is 10.2. The maximum Gasteiger partial charge on any atom is 0.154 e. The van der Waals surface area contributed by atoms with Crippen LogP contribution in [0.3, 0.4) is 0 Å². The number of nitrogens with one attached hydrogen (secondary N) is 2. The Morgan fingerprint density at radius 1 is 1.57 bits per heavy atom. The third-order valence-electron chi connectivity index (χ3n) is 2.47. The Kier molecular flexibility index (Phi) is 2.43. The number of rotatable bonds is 1. The Morgan fingerprint density at radius 3 is 3.14 bits per heavy atom. The van der Waals surface area contributed by atoms with E-state index in [1.807, 2.05) is 18.3 Å². The van der Waals surface area contributed by atoms with Crippen LogP contribution in [0.1, 0.15) is 13.3 Å². The van der Waals surface area contributed by atoms with Crippen molar-refractivity contribution in [2.75, 3.05) is 13.6 Å². The van der Waals surface area contributed by atoms with Gasteiger partial charge in [0.1, 0.15) is 6.17 Å². The van der Waals surface area contributed by atoms with Gasteiger partial charge in [0.25, 0.3) is 0 Å². The quantitative estimate of drug-likeness (QED) is 0.639. The van der Waals surface area contributed by atoms with E-state index in [-0.39, 0.29) is 6.17 Å². The zero-order valence-corrected chi connectivity index (χ0v) is 8.62. The average Bonchev–Trinajstić information content (AvgIpc) is 2.46. The minimum Gasteiger partial charge on any atom is -0.391 e. The van der Waals surface area contributed by atoms with Crippen LogP contribution in [0.2, 0.25) is 0 Å². The number of hydrazone groups is 1. The molecule has 0 bridgehead atoms. The summed E-state index contributed by atoms with van der Waals surface area (Å²) in [5.41, 5.74) is 1.17. The normalized spacial score (nSPS) is 26.1. The molecular weight excluding hydrogens is 176 g/mol. The lowest BCUT2D eigenvalue weighted by Gasteiger charge is -2.12. The van der Waals surface area contributed by atoms with Gasteiger partial charge < -0.3 is 10.6 Å². The molecule has 0 fully saturated rings. The maximum absolute atomic E-state index is 4.43. The van der Waals surface area contributed by atoms with Gasteiger partial charge in [0.2, 0.25) is 0 Å². The first-order valence-electron chi connectivity index (χ1n) is 4.96. The van der Waals surface area contributed by atoms with Crippen molar-refractivity contribution in [2.45, 2.75) is 19.5 Å². The Morgan fingerprint density at radius 2 is 2.43 bits per heavy atom. The molecule has 4 nitrogen and oxygen atoms in total. The smallest absolute Gasteiger partial charge is 0.154 e. The van der Waals surface area contributed by atoms with E-state index in [1.54, 1.807) is 0 Å². The Bertz CT molecular complexity index is 303. The number of hydrogen-bond acceptors (Lipinski definition) is 4. The van der Waals surface area contributed by atoms with Gasteiger partial charge in [-0.15, -0.1) is 0 Å². The van der Waals surface area contributed by atoms with E-state index in [2.05, 4.69) is 34.8 Å². The number of nitrogens with zero attached hydrogens (tertiary/aromatic N) is 2. The van der Waals surface area contributed by atoms with Crippen LogP contribution in [0.4, 0.5) is 0 Å². The van der Waals surface area contributed by atoms with Gasteiger partial charge >= 0.3 is 0 Å². The van der Waals surface area contributed by atoms with E-state index < -0.39 is 0 Å². The third kappa shape index (κ3) is 1.73. The molecule has 0 aromatic carbocycles. The molecule has 4 heteroatoms. The first-order valence-corrected chi connectivity index (χ1v) is 4.96. The predicted octanol–water partition coefficient (Wildman–Crippen LogP) is 0.614. The summed E-state index contributed by atoms with van der Waals surface area (Å²) in [4.78, 5) is 0. The van der Waals surface area contributed by atoms with E-state index in [9.17, 15) is 0 Å². The molecule has 2 rings (SSSR count). The molecule has 0 radical (unpaired) electrons. The van der Waals surface area contributed by atoms with Gasteiger partial charge in [0, 0.05) is 19.2 Å². The van der Waals surface area contributed by atoms with Crippen molar-refractivity contribution in [3.05, 3.63) is 23.9 Å². The van der Waals surface area contributed by atoms with Gasteiger partial charge in [0.15, 0.2) is 5.84 Å². The van der Waals surface area contributed by atoms with Crippen LogP contribution in [0.25, 0.3) is 0 Å². The fourth-order valence-corrected chi connectivity index (χ4v) is 1.49. The summed E-state index contributed by atoms with van der Waals surface area (Å²) in [6.45, 7) is 3.09. The molecule has 2 aliphatic heterocycles. The largest absolute Gasteiger partial charge is 0.391 e. The highest BCUT2D eigenvalue weighted by Crippen LogP contribution is 2.10. The van der Waals surface area contributed by atoms with Gasteiger partial charge in [-0.2, -0.15) is 5.10 Å². The molecule has 0 aromatic rings. The van der Waals surface area contributed by atoms with Crippen molar-refractivity contribution in [1.82, 2.24) is 15.6 Å². The van der Waals surface area contributed by atoms with Gasteiger partial charge in [-0.1, -0.05) is 6.08 Å². The second kappa shape index (κ2) is 3.74. The Hall–Kier alpha value is -1.45. The molecular formula is C10H16N4. The van der Waals surface area contributed by atoms with Crippen LogP contribution in [-0.2, 0) is 0 Å². The molecule has 0 saturated heterocycles. The molecule has 0 amide bonds. The molecule has 1 atom stereocenters. The van der Waals surface area contributed by atoms with Crippen molar-refractivity contribution >= 4 is 5.84 Å². The van der Waals surface area contributed by atoms with Gasteiger partial charge in [-0.25, -0.2) is 0 Å². The molecule has 0 spiro atoms. The highest BCUT2D eigenvalue weighted by Gasteiger charge is 2.19. The summed E-state index contributed by atoms with van der Waals surface area (Å²) in [6.07, 6.45) is 7.57. The van der Waals surface area contributed by atoms with Crippen molar-refractivity contribution in [3.63, 3.8) is 0 Å². The number of amidine groups is 1. The molecule has 76 valence electrons. The summed E-state index contributed by atoms with van der Waals surface area (Å²) < 4.78 is 0. The molecule has 2 aliphatic rings. The molecule has 2 N–H and O–H groups in total. The molecule has 2 heterocycles. The average molecular weight is 192 g/mol. The zero-order valence-electron chi connectivity index (χ0n) is 8.62. The fourth-order valence-electron chi connectivity index (χ4n) is 1.49. The van der Waals surface area contributed by atoms with E-state index in [1.165, 1.54) is 5.57 Å². The molecule has 0 aliphatic carbocycles. The Balaban J connectivity index is 2.15. The second-order valence-electron chi connectivity index (χ2n) is 3.58. The van der Waals surface area contributed by atoms with Crippen LogP contribution >= 0.6 is 0 Å². The summed E-state index contributed by atoms with van der Waals surface area (Å²) >= 11 is 0. The van der Waals surface area contributed by atoms with Crippen LogP contribution in [0, 0.1) is 0 Å². The lowest BCUT2D eigenvalue weighted by Crippen LogP contribution is -2.33. The molecule has 0 saturated carbocycles. The minimum absolute atomic E-state index is 0.288. The summed E-state index contributed by atoms with van der Waals surface area (Å²) in [6, 6.07) is 0. The molecule has 0 aromatic heterocycles. The first kappa shape index (κ1) is 9.12.